The van der Waals surface area contributed by atoms with Gasteiger partial charge in [0.25, 0.3) is 0 Å². The Labute approximate surface area is 117 Å². The van der Waals surface area contributed by atoms with Crippen molar-refractivity contribution in [2.24, 2.45) is 0 Å². The quantitative estimate of drug-likeness (QED) is 0.831. The Balaban J connectivity index is 2.10. The summed E-state index contributed by atoms with van der Waals surface area (Å²) < 4.78 is 13.9. The zero-order valence-electron chi connectivity index (χ0n) is 11.1. The number of benzene rings is 2. The highest BCUT2D eigenvalue weighted by atomic mass is 32.2. The van der Waals surface area contributed by atoms with Crippen LogP contribution in [0.2, 0.25) is 0 Å². The van der Waals surface area contributed by atoms with Crippen LogP contribution >= 0.6 is 11.8 Å². The molecule has 1 atom stereocenters. The molecule has 0 heterocycles. The Kier molecular flexibility index (Phi) is 4.61. The number of hydrogen-bond donors (Lipinski definition) is 1. The first-order chi connectivity index (χ1) is 9.08. The van der Waals surface area contributed by atoms with E-state index in [0.717, 1.165) is 5.75 Å². The van der Waals surface area contributed by atoms with Gasteiger partial charge in [-0.05, 0) is 42.7 Å². The number of aliphatic hydroxyl groups excluding tert-OH is 1. The summed E-state index contributed by atoms with van der Waals surface area (Å²) in [6.07, 6.45) is -0.634. The SMILES string of the molecule is Cc1ccccc1CSc1ccc([C@H](C)O)cc1F. The highest BCUT2D eigenvalue weighted by Crippen LogP contribution is 2.28. The molecule has 0 aliphatic carbocycles. The number of halogens is 1. The van der Waals surface area contributed by atoms with Gasteiger partial charge in [-0.25, -0.2) is 4.39 Å². The lowest BCUT2D eigenvalue weighted by Crippen LogP contribution is -1.93. The second-order valence-corrected chi connectivity index (χ2v) is 5.60. The highest BCUT2D eigenvalue weighted by molar-refractivity contribution is 7.98. The highest BCUT2D eigenvalue weighted by Gasteiger charge is 2.08. The molecular formula is C16H17FOS. The van der Waals surface area contributed by atoms with Gasteiger partial charge in [0.1, 0.15) is 5.82 Å². The fourth-order valence-electron chi connectivity index (χ4n) is 1.82. The van der Waals surface area contributed by atoms with E-state index < -0.39 is 6.10 Å². The van der Waals surface area contributed by atoms with Gasteiger partial charge in [-0.3, -0.25) is 0 Å². The third-order valence-corrected chi connectivity index (χ3v) is 4.18. The van der Waals surface area contributed by atoms with Crippen molar-refractivity contribution < 1.29 is 9.50 Å². The summed E-state index contributed by atoms with van der Waals surface area (Å²) in [5, 5.41) is 9.41. The van der Waals surface area contributed by atoms with Crippen LogP contribution in [0, 0.1) is 12.7 Å². The Morgan fingerprint density at radius 1 is 1.21 bits per heavy atom. The van der Waals surface area contributed by atoms with Crippen molar-refractivity contribution in [3.63, 3.8) is 0 Å². The number of aliphatic hydroxyl groups is 1. The zero-order chi connectivity index (χ0) is 13.8. The summed E-state index contributed by atoms with van der Waals surface area (Å²) >= 11 is 1.48. The maximum absolute atomic E-state index is 13.9. The molecule has 19 heavy (non-hydrogen) atoms. The minimum Gasteiger partial charge on any atom is -0.389 e. The molecule has 1 nitrogen and oxygen atoms in total. The molecule has 2 aromatic carbocycles. The molecule has 1 N–H and O–H groups in total. The maximum Gasteiger partial charge on any atom is 0.137 e. The van der Waals surface area contributed by atoms with E-state index in [1.54, 1.807) is 19.1 Å². The van der Waals surface area contributed by atoms with Crippen molar-refractivity contribution in [2.45, 2.75) is 30.6 Å². The van der Waals surface area contributed by atoms with E-state index >= 15 is 0 Å². The molecule has 0 aromatic heterocycles. The number of aryl methyl sites for hydroxylation is 1. The van der Waals surface area contributed by atoms with Gasteiger partial charge in [0.05, 0.1) is 6.10 Å². The number of rotatable bonds is 4. The molecule has 0 saturated carbocycles. The average Bonchev–Trinajstić information content (AvgIpc) is 2.39. The molecule has 0 radical (unpaired) electrons. The molecule has 0 unspecified atom stereocenters. The molecule has 100 valence electrons. The minimum atomic E-state index is -0.634. The normalized spacial score (nSPS) is 12.4. The van der Waals surface area contributed by atoms with Gasteiger partial charge in [0, 0.05) is 10.6 Å². The maximum atomic E-state index is 13.9. The van der Waals surface area contributed by atoms with Crippen LogP contribution in [0.1, 0.15) is 29.7 Å². The standard InChI is InChI=1S/C16H17FOS/c1-11-5-3-4-6-14(11)10-19-16-8-7-13(12(2)18)9-15(16)17/h3-9,12,18H,10H2,1-2H3/t12-/m0/s1. The van der Waals surface area contributed by atoms with Gasteiger partial charge in [-0.1, -0.05) is 30.3 Å². The molecule has 0 aliphatic rings. The molecule has 0 bridgehead atoms. The molecular weight excluding hydrogens is 259 g/mol. The summed E-state index contributed by atoms with van der Waals surface area (Å²) in [7, 11) is 0. The van der Waals surface area contributed by atoms with E-state index in [1.807, 2.05) is 12.1 Å². The van der Waals surface area contributed by atoms with Crippen molar-refractivity contribution in [1.29, 1.82) is 0 Å². The topological polar surface area (TPSA) is 20.2 Å². The summed E-state index contributed by atoms with van der Waals surface area (Å²) in [5.41, 5.74) is 3.04. The molecule has 0 spiro atoms. The first-order valence-corrected chi connectivity index (χ1v) is 7.21. The van der Waals surface area contributed by atoms with Crippen LogP contribution in [0.5, 0.6) is 0 Å². The van der Waals surface area contributed by atoms with Gasteiger partial charge in [0.15, 0.2) is 0 Å². The minimum absolute atomic E-state index is 0.267. The van der Waals surface area contributed by atoms with E-state index in [2.05, 4.69) is 19.1 Å². The van der Waals surface area contributed by atoms with Crippen LogP contribution in [0.3, 0.4) is 0 Å². The fourth-order valence-corrected chi connectivity index (χ4v) is 2.82. The van der Waals surface area contributed by atoms with E-state index in [0.29, 0.717) is 10.5 Å². The van der Waals surface area contributed by atoms with E-state index in [1.165, 1.54) is 29.0 Å². The fraction of sp³-hybridized carbons (Fsp3) is 0.250. The van der Waals surface area contributed by atoms with Gasteiger partial charge < -0.3 is 5.11 Å². The number of hydrogen-bond acceptors (Lipinski definition) is 2. The van der Waals surface area contributed by atoms with Crippen molar-refractivity contribution in [3.05, 3.63) is 65.0 Å². The second-order valence-electron chi connectivity index (χ2n) is 4.58. The third kappa shape index (κ3) is 3.58. The predicted octanol–water partition coefficient (Wildman–Crippen LogP) is 4.48. The second kappa shape index (κ2) is 6.22. The summed E-state index contributed by atoms with van der Waals surface area (Å²) in [6, 6.07) is 13.0. The molecule has 0 amide bonds. The monoisotopic (exact) mass is 276 g/mol. The summed E-state index contributed by atoms with van der Waals surface area (Å²) in [5.74, 6) is 0.481. The summed E-state index contributed by atoms with van der Waals surface area (Å²) in [4.78, 5) is 0.618. The van der Waals surface area contributed by atoms with Gasteiger partial charge in [-0.15, -0.1) is 11.8 Å². The molecule has 0 saturated heterocycles. The number of thioether (sulfide) groups is 1. The zero-order valence-corrected chi connectivity index (χ0v) is 11.9. The largest absolute Gasteiger partial charge is 0.389 e. The lowest BCUT2D eigenvalue weighted by atomic mass is 10.1. The Morgan fingerprint density at radius 2 is 1.95 bits per heavy atom. The molecule has 2 rings (SSSR count). The Hall–Kier alpha value is -1.32. The van der Waals surface area contributed by atoms with Crippen LogP contribution in [-0.4, -0.2) is 5.11 Å². The van der Waals surface area contributed by atoms with Crippen molar-refractivity contribution in [2.75, 3.05) is 0 Å². The molecule has 2 aromatic rings. The van der Waals surface area contributed by atoms with Crippen molar-refractivity contribution >= 4 is 11.8 Å². The van der Waals surface area contributed by atoms with Crippen LogP contribution in [-0.2, 0) is 5.75 Å². The smallest absolute Gasteiger partial charge is 0.137 e. The Morgan fingerprint density at radius 3 is 2.58 bits per heavy atom. The third-order valence-electron chi connectivity index (χ3n) is 3.08. The van der Waals surface area contributed by atoms with Crippen LogP contribution in [0.15, 0.2) is 47.4 Å². The predicted molar refractivity (Wildman–Crippen MR) is 77.8 cm³/mol. The van der Waals surface area contributed by atoms with Crippen LogP contribution in [0.4, 0.5) is 4.39 Å². The molecule has 3 heteroatoms. The van der Waals surface area contributed by atoms with Crippen LogP contribution in [0.25, 0.3) is 0 Å². The van der Waals surface area contributed by atoms with Gasteiger partial charge in [0.2, 0.25) is 0 Å². The molecule has 0 fully saturated rings. The lowest BCUT2D eigenvalue weighted by Gasteiger charge is -2.09. The Bertz CT molecular complexity index is 566. The van der Waals surface area contributed by atoms with Gasteiger partial charge in [-0.2, -0.15) is 0 Å². The molecule has 0 aliphatic heterocycles. The first-order valence-electron chi connectivity index (χ1n) is 6.22. The van der Waals surface area contributed by atoms with E-state index in [9.17, 15) is 9.50 Å². The average molecular weight is 276 g/mol. The van der Waals surface area contributed by atoms with Crippen LogP contribution < -0.4 is 0 Å². The summed E-state index contributed by atoms with van der Waals surface area (Å²) in [6.45, 7) is 3.69. The van der Waals surface area contributed by atoms with E-state index in [-0.39, 0.29) is 5.82 Å². The van der Waals surface area contributed by atoms with Crippen molar-refractivity contribution in [3.8, 4) is 0 Å². The van der Waals surface area contributed by atoms with Gasteiger partial charge >= 0.3 is 0 Å². The van der Waals surface area contributed by atoms with E-state index in [4.69, 9.17) is 0 Å². The van der Waals surface area contributed by atoms with Crippen molar-refractivity contribution in [1.82, 2.24) is 0 Å². The lowest BCUT2D eigenvalue weighted by molar-refractivity contribution is 0.198. The first kappa shape index (κ1) is 14.1.